The molecule has 0 atom stereocenters. The van der Waals surface area contributed by atoms with Crippen molar-refractivity contribution >= 4 is 15.7 Å². The van der Waals surface area contributed by atoms with Crippen LogP contribution in [0, 0.1) is 5.41 Å². The van der Waals surface area contributed by atoms with Gasteiger partial charge >= 0.3 is 0 Å². The van der Waals surface area contributed by atoms with Crippen LogP contribution in [0.25, 0.3) is 0 Å². The highest BCUT2D eigenvalue weighted by atomic mass is 32.2. The number of nitrogens with zero attached hydrogens (tertiary/aromatic N) is 1. The summed E-state index contributed by atoms with van der Waals surface area (Å²) in [5, 5.41) is 0. The lowest BCUT2D eigenvalue weighted by molar-refractivity contribution is -0.144. The van der Waals surface area contributed by atoms with Crippen molar-refractivity contribution in [2.24, 2.45) is 5.41 Å². The molecule has 3 rings (SSSR count). The van der Waals surface area contributed by atoms with Gasteiger partial charge in [-0.1, -0.05) is 31.8 Å². The van der Waals surface area contributed by atoms with Crippen LogP contribution in [0.15, 0.2) is 12.7 Å². The minimum atomic E-state index is -3.07. The van der Waals surface area contributed by atoms with Crippen LogP contribution in [0.2, 0.25) is 0 Å². The maximum Gasteiger partial charge on any atom is 0.229 e. The van der Waals surface area contributed by atoms with Gasteiger partial charge in [-0.15, -0.1) is 6.58 Å². The molecule has 1 heterocycles. The maximum atomic E-state index is 13.2. The zero-order valence-corrected chi connectivity index (χ0v) is 14.9. The quantitative estimate of drug-likeness (QED) is 0.743. The Kier molecular flexibility index (Phi) is 4.60. The van der Waals surface area contributed by atoms with Gasteiger partial charge in [-0.25, -0.2) is 8.42 Å². The van der Waals surface area contributed by atoms with Gasteiger partial charge in [0.2, 0.25) is 5.91 Å². The van der Waals surface area contributed by atoms with E-state index in [0.717, 1.165) is 51.4 Å². The van der Waals surface area contributed by atoms with Crippen LogP contribution in [0.3, 0.4) is 0 Å². The highest BCUT2D eigenvalue weighted by Crippen LogP contribution is 2.45. The summed E-state index contributed by atoms with van der Waals surface area (Å²) in [6.07, 6.45) is 11.0. The molecule has 3 aliphatic rings. The van der Waals surface area contributed by atoms with E-state index in [2.05, 4.69) is 6.58 Å². The number of amides is 1. The molecule has 4 nitrogen and oxygen atoms in total. The van der Waals surface area contributed by atoms with Gasteiger partial charge in [0.15, 0.2) is 9.84 Å². The molecule has 2 saturated carbocycles. The summed E-state index contributed by atoms with van der Waals surface area (Å²) in [6.45, 7) is 4.83. The fourth-order valence-electron chi connectivity index (χ4n) is 4.73. The second kappa shape index (κ2) is 6.23. The summed E-state index contributed by atoms with van der Waals surface area (Å²) < 4.78 is 24.7. The Balaban J connectivity index is 1.78. The van der Waals surface area contributed by atoms with Gasteiger partial charge in [0.1, 0.15) is 0 Å². The van der Waals surface area contributed by atoms with Gasteiger partial charge in [-0.2, -0.15) is 0 Å². The van der Waals surface area contributed by atoms with Crippen LogP contribution in [0.5, 0.6) is 0 Å². The Morgan fingerprint density at radius 2 is 1.70 bits per heavy atom. The number of hydrogen-bond donors (Lipinski definition) is 0. The molecule has 0 bridgehead atoms. The fourth-order valence-corrected chi connectivity index (χ4v) is 6.94. The summed E-state index contributed by atoms with van der Waals surface area (Å²) in [6, 6.07) is 0. The molecule has 130 valence electrons. The summed E-state index contributed by atoms with van der Waals surface area (Å²) in [7, 11) is -3.07. The first kappa shape index (κ1) is 17.0. The molecule has 1 spiro atoms. The third-order valence-electron chi connectivity index (χ3n) is 6.48. The van der Waals surface area contributed by atoms with Crippen LogP contribution >= 0.6 is 0 Å². The average molecular weight is 340 g/mol. The van der Waals surface area contributed by atoms with Crippen molar-refractivity contribution < 1.29 is 13.2 Å². The second-order valence-electron chi connectivity index (χ2n) is 7.73. The Labute approximate surface area is 140 Å². The van der Waals surface area contributed by atoms with Crippen molar-refractivity contribution in [3.63, 3.8) is 0 Å². The van der Waals surface area contributed by atoms with E-state index in [1.54, 1.807) is 0 Å². The van der Waals surface area contributed by atoms with Gasteiger partial charge in [-0.3, -0.25) is 4.79 Å². The monoisotopic (exact) mass is 339 g/mol. The lowest BCUT2D eigenvalue weighted by atomic mass is 9.70. The van der Waals surface area contributed by atoms with E-state index in [4.69, 9.17) is 0 Å². The van der Waals surface area contributed by atoms with Crippen LogP contribution in [-0.4, -0.2) is 42.8 Å². The van der Waals surface area contributed by atoms with Gasteiger partial charge in [-0.05, 0) is 38.5 Å². The Hall–Kier alpha value is -0.840. The Bertz CT molecular complexity index is 571. The lowest BCUT2D eigenvalue weighted by Crippen LogP contribution is -2.47. The molecule has 0 radical (unpaired) electrons. The fraction of sp³-hybridized carbons (Fsp3) is 0.833. The van der Waals surface area contributed by atoms with E-state index in [1.807, 2.05) is 11.0 Å². The van der Waals surface area contributed by atoms with Crippen LogP contribution in [-0.2, 0) is 14.6 Å². The SMILES string of the molecule is C=CCC1(C(=O)N2CCC3(CCC3)S(=O)(=O)CC2)CCCCC1. The summed E-state index contributed by atoms with van der Waals surface area (Å²) in [4.78, 5) is 15.1. The molecule has 23 heavy (non-hydrogen) atoms. The number of sulfone groups is 1. The highest BCUT2D eigenvalue weighted by molar-refractivity contribution is 7.92. The summed E-state index contributed by atoms with van der Waals surface area (Å²) >= 11 is 0. The smallest absolute Gasteiger partial charge is 0.229 e. The van der Waals surface area contributed by atoms with Crippen molar-refractivity contribution in [3.05, 3.63) is 12.7 Å². The molecule has 1 amide bonds. The zero-order valence-electron chi connectivity index (χ0n) is 14.1. The molecule has 0 N–H and O–H groups in total. The molecule has 3 fully saturated rings. The Morgan fingerprint density at radius 1 is 1.00 bits per heavy atom. The van der Waals surface area contributed by atoms with Crippen molar-refractivity contribution in [2.75, 3.05) is 18.8 Å². The molecule has 0 aromatic rings. The molecule has 5 heteroatoms. The van der Waals surface area contributed by atoms with E-state index < -0.39 is 14.6 Å². The van der Waals surface area contributed by atoms with Crippen LogP contribution < -0.4 is 0 Å². The predicted molar refractivity (Wildman–Crippen MR) is 91.9 cm³/mol. The first-order chi connectivity index (χ1) is 10.9. The van der Waals surface area contributed by atoms with Gasteiger partial charge in [0.05, 0.1) is 15.9 Å². The zero-order chi connectivity index (χ0) is 16.6. The lowest BCUT2D eigenvalue weighted by Gasteiger charge is -2.41. The standard InChI is InChI=1S/C18H29NO3S/c1-2-7-17(8-4-3-5-9-17)16(20)19-13-12-18(10-6-11-18)23(21,22)15-14-19/h2H,1,3-15H2. The molecule has 0 aromatic heterocycles. The molecular weight excluding hydrogens is 310 g/mol. The van der Waals surface area contributed by atoms with Crippen molar-refractivity contribution in [1.29, 1.82) is 0 Å². The normalized spacial score (nSPS) is 28.6. The van der Waals surface area contributed by atoms with Crippen LogP contribution in [0.4, 0.5) is 0 Å². The number of carbonyl (C=O) groups excluding carboxylic acids is 1. The molecule has 1 saturated heterocycles. The van der Waals surface area contributed by atoms with Gasteiger partial charge in [0, 0.05) is 13.1 Å². The van der Waals surface area contributed by atoms with Crippen molar-refractivity contribution in [1.82, 2.24) is 4.90 Å². The van der Waals surface area contributed by atoms with Gasteiger partial charge in [0.25, 0.3) is 0 Å². The van der Waals surface area contributed by atoms with E-state index in [1.165, 1.54) is 6.42 Å². The minimum Gasteiger partial charge on any atom is -0.341 e. The van der Waals surface area contributed by atoms with E-state index in [-0.39, 0.29) is 17.1 Å². The van der Waals surface area contributed by atoms with Crippen LogP contribution in [0.1, 0.15) is 64.2 Å². The molecule has 0 unspecified atom stereocenters. The van der Waals surface area contributed by atoms with Crippen molar-refractivity contribution in [2.45, 2.75) is 69.0 Å². The number of carbonyl (C=O) groups is 1. The topological polar surface area (TPSA) is 54.5 Å². The number of hydrogen-bond acceptors (Lipinski definition) is 3. The predicted octanol–water partition coefficient (Wildman–Crippen LogP) is 3.08. The molecule has 0 aromatic carbocycles. The van der Waals surface area contributed by atoms with E-state index in [9.17, 15) is 13.2 Å². The number of rotatable bonds is 3. The summed E-state index contributed by atoms with van der Waals surface area (Å²) in [5.74, 6) is 0.326. The average Bonchev–Trinajstić information content (AvgIpc) is 2.63. The van der Waals surface area contributed by atoms with Crippen molar-refractivity contribution in [3.8, 4) is 0 Å². The molecular formula is C18H29NO3S. The first-order valence-corrected chi connectivity index (χ1v) is 10.7. The van der Waals surface area contributed by atoms with E-state index in [0.29, 0.717) is 19.5 Å². The second-order valence-corrected chi connectivity index (χ2v) is 10.2. The summed E-state index contributed by atoms with van der Waals surface area (Å²) in [5.41, 5.74) is -0.319. The first-order valence-electron chi connectivity index (χ1n) is 9.07. The molecule has 2 aliphatic carbocycles. The van der Waals surface area contributed by atoms with Gasteiger partial charge < -0.3 is 4.90 Å². The Morgan fingerprint density at radius 3 is 2.26 bits per heavy atom. The maximum absolute atomic E-state index is 13.2. The minimum absolute atomic E-state index is 0.142. The molecule has 1 aliphatic heterocycles. The van der Waals surface area contributed by atoms with E-state index >= 15 is 0 Å². The third kappa shape index (κ3) is 2.86. The number of allylic oxidation sites excluding steroid dienone is 1. The highest BCUT2D eigenvalue weighted by Gasteiger charge is 2.51. The third-order valence-corrected chi connectivity index (χ3v) is 9.13. The largest absolute Gasteiger partial charge is 0.341 e.